The van der Waals surface area contributed by atoms with Gasteiger partial charge in [0.2, 0.25) is 0 Å². The zero-order valence-corrected chi connectivity index (χ0v) is 21.0. The van der Waals surface area contributed by atoms with E-state index in [-0.39, 0.29) is 17.7 Å². The second kappa shape index (κ2) is 11.1. The van der Waals surface area contributed by atoms with E-state index in [1.54, 1.807) is 6.92 Å². The Kier molecular flexibility index (Phi) is 8.72. The largest absolute Gasteiger partial charge is 0.393 e. The third kappa shape index (κ3) is 7.27. The normalized spacial score (nSPS) is 19.1. The number of carbonyl (C=O) groups is 1. The number of aliphatic hydroxyl groups excluding tert-OH is 1. The van der Waals surface area contributed by atoms with Gasteiger partial charge in [-0.25, -0.2) is 13.4 Å². The summed E-state index contributed by atoms with van der Waals surface area (Å²) in [5, 5.41) is 11.8. The predicted molar refractivity (Wildman–Crippen MR) is 131 cm³/mol. The van der Waals surface area contributed by atoms with Gasteiger partial charge >= 0.3 is 0 Å². The number of anilines is 1. The first-order valence-corrected chi connectivity index (χ1v) is 14.2. The molecule has 0 radical (unpaired) electrons. The fourth-order valence-corrected chi connectivity index (χ4v) is 5.87. The van der Waals surface area contributed by atoms with Gasteiger partial charge in [-0.15, -0.1) is 11.3 Å². The zero-order chi connectivity index (χ0) is 23.3. The molecule has 1 heterocycles. The molecule has 2 atom stereocenters. The molecular weight excluding hydrogens is 468 g/mol. The fraction of sp³-hybridized carbons (Fsp3) is 0.565. The number of aryl methyl sites for hydroxylation is 1. The summed E-state index contributed by atoms with van der Waals surface area (Å²) < 4.78 is 23.1. The highest BCUT2D eigenvalue weighted by Gasteiger charge is 2.25. The molecule has 176 valence electrons. The number of carbonyl (C=O) groups excluding carboxylic acids is 1. The summed E-state index contributed by atoms with van der Waals surface area (Å²) in [7, 11) is -3.42. The Hall–Kier alpha value is -1.48. The van der Waals surface area contributed by atoms with Crippen LogP contribution in [0.15, 0.2) is 24.3 Å². The van der Waals surface area contributed by atoms with Crippen LogP contribution in [0.3, 0.4) is 0 Å². The van der Waals surface area contributed by atoms with Crippen molar-refractivity contribution in [2.45, 2.75) is 51.6 Å². The molecule has 1 saturated carbocycles. The van der Waals surface area contributed by atoms with Gasteiger partial charge in [-0.05, 0) is 56.2 Å². The summed E-state index contributed by atoms with van der Waals surface area (Å²) >= 11 is 7.42. The van der Waals surface area contributed by atoms with E-state index in [1.807, 2.05) is 24.3 Å². The minimum Gasteiger partial charge on any atom is -0.393 e. The summed E-state index contributed by atoms with van der Waals surface area (Å²) in [4.78, 5) is 19.9. The molecule has 1 aliphatic rings. The van der Waals surface area contributed by atoms with Crippen LogP contribution in [0.5, 0.6) is 0 Å². The van der Waals surface area contributed by atoms with Crippen molar-refractivity contribution in [3.63, 3.8) is 0 Å². The number of hydrogen-bond acceptors (Lipinski definition) is 7. The molecule has 0 aliphatic heterocycles. The van der Waals surface area contributed by atoms with Crippen LogP contribution in [0.25, 0.3) is 0 Å². The maximum Gasteiger partial charge on any atom is 0.197 e. The zero-order valence-electron chi connectivity index (χ0n) is 18.6. The lowest BCUT2D eigenvalue weighted by molar-refractivity contribution is 0.0663. The van der Waals surface area contributed by atoms with Crippen LogP contribution in [0.1, 0.15) is 53.0 Å². The number of benzene rings is 1. The SMILES string of the molecule is Cc1sc(N(CCc2ccc(Cl)cc2)CC[C@H]2CCCC[C@@H]2O)nc1C(=O)CS(C)(=O)=O. The first-order valence-electron chi connectivity index (χ1n) is 11.0. The van der Waals surface area contributed by atoms with Crippen LogP contribution in [0.2, 0.25) is 5.02 Å². The molecule has 6 nitrogen and oxygen atoms in total. The number of rotatable bonds is 10. The lowest BCUT2D eigenvalue weighted by atomic mass is 9.84. The molecule has 0 amide bonds. The molecule has 0 unspecified atom stereocenters. The fourth-order valence-electron chi connectivity index (χ4n) is 4.15. The summed E-state index contributed by atoms with van der Waals surface area (Å²) in [6.45, 7) is 3.23. The summed E-state index contributed by atoms with van der Waals surface area (Å²) in [5.41, 5.74) is 1.39. The van der Waals surface area contributed by atoms with Gasteiger partial charge in [0.1, 0.15) is 11.4 Å². The lowest BCUT2D eigenvalue weighted by Crippen LogP contribution is -2.32. The van der Waals surface area contributed by atoms with Crippen LogP contribution in [-0.4, -0.2) is 55.5 Å². The van der Waals surface area contributed by atoms with Gasteiger partial charge < -0.3 is 10.0 Å². The summed E-state index contributed by atoms with van der Waals surface area (Å²) in [6, 6.07) is 7.74. The van der Waals surface area contributed by atoms with E-state index in [1.165, 1.54) is 11.3 Å². The van der Waals surface area contributed by atoms with Crippen molar-refractivity contribution in [3.05, 3.63) is 45.4 Å². The van der Waals surface area contributed by atoms with Crippen molar-refractivity contribution < 1.29 is 18.3 Å². The minimum absolute atomic E-state index is 0.240. The summed E-state index contributed by atoms with van der Waals surface area (Å²) in [6.07, 6.45) is 6.55. The average molecular weight is 499 g/mol. The van der Waals surface area contributed by atoms with Crippen LogP contribution < -0.4 is 4.90 Å². The van der Waals surface area contributed by atoms with Crippen molar-refractivity contribution in [1.82, 2.24) is 4.98 Å². The van der Waals surface area contributed by atoms with Crippen molar-refractivity contribution in [1.29, 1.82) is 0 Å². The highest BCUT2D eigenvalue weighted by Crippen LogP contribution is 2.30. The Morgan fingerprint density at radius 2 is 1.91 bits per heavy atom. The number of ketones is 1. The Bertz CT molecular complexity index is 1020. The third-order valence-corrected chi connectivity index (χ3v) is 8.01. The van der Waals surface area contributed by atoms with E-state index in [9.17, 15) is 18.3 Å². The molecule has 1 aliphatic carbocycles. The first kappa shape index (κ1) is 25.1. The second-order valence-electron chi connectivity index (χ2n) is 8.66. The lowest BCUT2D eigenvalue weighted by Gasteiger charge is -2.30. The van der Waals surface area contributed by atoms with E-state index < -0.39 is 21.4 Å². The highest BCUT2D eigenvalue weighted by atomic mass is 35.5. The van der Waals surface area contributed by atoms with Crippen molar-refractivity contribution >= 4 is 43.7 Å². The van der Waals surface area contributed by atoms with E-state index in [0.717, 1.165) is 66.9 Å². The monoisotopic (exact) mass is 498 g/mol. The van der Waals surface area contributed by atoms with Gasteiger partial charge in [0.15, 0.2) is 20.8 Å². The van der Waals surface area contributed by atoms with Gasteiger partial charge in [-0.3, -0.25) is 4.79 Å². The maximum absolute atomic E-state index is 12.5. The van der Waals surface area contributed by atoms with Gasteiger partial charge in [0, 0.05) is 29.2 Å². The number of sulfone groups is 1. The minimum atomic E-state index is -3.42. The highest BCUT2D eigenvalue weighted by molar-refractivity contribution is 7.91. The number of aliphatic hydroxyl groups is 1. The Labute approximate surface area is 199 Å². The van der Waals surface area contributed by atoms with Gasteiger partial charge in [0.05, 0.1) is 6.10 Å². The van der Waals surface area contributed by atoms with Gasteiger partial charge in [0.25, 0.3) is 0 Å². The molecule has 0 spiro atoms. The molecule has 0 saturated heterocycles. The molecule has 9 heteroatoms. The molecule has 1 N–H and O–H groups in total. The number of thiazole rings is 1. The van der Waals surface area contributed by atoms with Crippen molar-refractivity contribution in [2.75, 3.05) is 30.0 Å². The maximum atomic E-state index is 12.5. The average Bonchev–Trinajstić information content (AvgIpc) is 3.11. The summed E-state index contributed by atoms with van der Waals surface area (Å²) in [5.74, 6) is -0.724. The molecule has 1 aromatic carbocycles. The van der Waals surface area contributed by atoms with Crippen molar-refractivity contribution in [2.24, 2.45) is 5.92 Å². The van der Waals surface area contributed by atoms with E-state index >= 15 is 0 Å². The number of halogens is 1. The van der Waals surface area contributed by atoms with Gasteiger partial charge in [-0.2, -0.15) is 0 Å². The molecule has 32 heavy (non-hydrogen) atoms. The van der Waals surface area contributed by atoms with E-state index in [4.69, 9.17) is 11.6 Å². The smallest absolute Gasteiger partial charge is 0.197 e. The van der Waals surface area contributed by atoms with Crippen LogP contribution >= 0.6 is 22.9 Å². The molecule has 1 fully saturated rings. The quantitative estimate of drug-likeness (QED) is 0.491. The Balaban J connectivity index is 1.76. The Morgan fingerprint density at radius 1 is 1.22 bits per heavy atom. The van der Waals surface area contributed by atoms with E-state index in [2.05, 4.69) is 9.88 Å². The molecule has 0 bridgehead atoms. The van der Waals surface area contributed by atoms with E-state index in [0.29, 0.717) is 11.6 Å². The topological polar surface area (TPSA) is 87.6 Å². The second-order valence-corrected chi connectivity index (χ2v) is 12.4. The number of Topliss-reactive ketones (excluding diaryl/α,β-unsaturated/α-hetero) is 1. The molecule has 2 aromatic rings. The van der Waals surface area contributed by atoms with Crippen LogP contribution in [0.4, 0.5) is 5.13 Å². The van der Waals surface area contributed by atoms with Crippen molar-refractivity contribution in [3.8, 4) is 0 Å². The standard InChI is InChI=1S/C23H31ClN2O4S2/c1-16-22(21(28)15-32(2,29)30)25-23(31-16)26(13-11-17-7-9-19(24)10-8-17)14-12-18-5-3-4-6-20(18)27/h7-10,18,20,27H,3-6,11-15H2,1-2H3/t18-,20+/m1/s1. The Morgan fingerprint density at radius 3 is 2.56 bits per heavy atom. The van der Waals surface area contributed by atoms with Crippen LogP contribution in [-0.2, 0) is 16.3 Å². The first-order chi connectivity index (χ1) is 15.1. The number of aromatic nitrogens is 1. The molecule has 3 rings (SSSR count). The molecule has 1 aromatic heterocycles. The number of nitrogens with zero attached hydrogens (tertiary/aromatic N) is 2. The number of hydrogen-bond donors (Lipinski definition) is 1. The predicted octanol–water partition coefficient (Wildman–Crippen LogP) is 4.32. The van der Waals surface area contributed by atoms with Crippen LogP contribution in [0, 0.1) is 12.8 Å². The molecular formula is C23H31ClN2O4S2. The van der Waals surface area contributed by atoms with Gasteiger partial charge in [-0.1, -0.05) is 36.6 Å². The third-order valence-electron chi connectivity index (χ3n) is 5.94.